The third-order valence-electron chi connectivity index (χ3n) is 11.8. The maximum Gasteiger partial charge on any atom is 0.220 e. The number of carbonyl (C=O) groups is 6. The average molecular weight is 1030 g/mol. The van der Waals surface area contributed by atoms with Crippen LogP contribution in [0.25, 0.3) is 0 Å². The van der Waals surface area contributed by atoms with Gasteiger partial charge in [0.2, 0.25) is 29.5 Å². The zero-order valence-corrected chi connectivity index (χ0v) is 43.9. The van der Waals surface area contributed by atoms with Crippen molar-refractivity contribution in [1.82, 2.24) is 31.9 Å². The van der Waals surface area contributed by atoms with Crippen LogP contribution in [0.15, 0.2) is 121 Å². The second kappa shape index (κ2) is 38.5. The normalized spacial score (nSPS) is 10.4. The molecule has 0 heterocycles. The summed E-state index contributed by atoms with van der Waals surface area (Å²) < 4.78 is 0. The maximum atomic E-state index is 12.2. The number of unbranched alkanes of at least 4 members (excludes halogenated alkanes) is 4. The van der Waals surface area contributed by atoms with Crippen LogP contribution in [-0.4, -0.2) is 42.9 Å². The molecule has 0 saturated heterocycles. The first-order chi connectivity index (χ1) is 36.5. The molecule has 0 atom stereocenters. The second-order valence-corrected chi connectivity index (χ2v) is 18.2. The third-order valence-corrected chi connectivity index (χ3v) is 11.8. The molecule has 5 amide bonds. The molecule has 75 heavy (non-hydrogen) atoms. The molecule has 0 aliphatic heterocycles. The summed E-state index contributed by atoms with van der Waals surface area (Å²) in [6.07, 6.45) is 7.44. The topological polar surface area (TPSA) is 279 Å². The van der Waals surface area contributed by atoms with Crippen LogP contribution in [0.3, 0.4) is 0 Å². The molecule has 0 radical (unpaired) electrons. The van der Waals surface area contributed by atoms with Crippen molar-refractivity contribution in [3.63, 3.8) is 0 Å². The van der Waals surface area contributed by atoms with Crippen LogP contribution in [0, 0.1) is 0 Å². The molecule has 0 bridgehead atoms. The predicted molar refractivity (Wildman–Crippen MR) is 297 cm³/mol. The summed E-state index contributed by atoms with van der Waals surface area (Å²) in [6.45, 7) is 5.28. The number of benzene rings is 5. The van der Waals surface area contributed by atoms with Crippen molar-refractivity contribution in [2.24, 2.45) is 22.9 Å². The molecule has 0 fully saturated rings. The van der Waals surface area contributed by atoms with Gasteiger partial charge in [0.1, 0.15) is 6.29 Å². The average Bonchev–Trinajstić information content (AvgIpc) is 3.44. The van der Waals surface area contributed by atoms with Crippen molar-refractivity contribution in [2.45, 2.75) is 142 Å². The molecule has 5 aromatic rings. The first-order valence-electron chi connectivity index (χ1n) is 26.1. The SMILES string of the molecule is CNCc1cccc(CN)c1.NCc1cccc(CNC(=O)CCCCC(=O)NCc2cccc(CN)c2)c1.NCc1cccc(CNC(=O)CCCCC(=O)NCc2cccc(CNC(=O)CCCCC=O)c2)c1. The van der Waals surface area contributed by atoms with E-state index >= 15 is 0 Å². The molecule has 16 heteroatoms. The lowest BCUT2D eigenvalue weighted by Gasteiger charge is -2.09. The van der Waals surface area contributed by atoms with Gasteiger partial charge < -0.3 is 59.6 Å². The number of nitrogens with two attached hydrogens (primary N) is 4. The third kappa shape index (κ3) is 28.8. The summed E-state index contributed by atoms with van der Waals surface area (Å²) in [7, 11) is 1.94. The molecular formula is C59H82N10O6. The summed E-state index contributed by atoms with van der Waals surface area (Å²) in [4.78, 5) is 70.3. The van der Waals surface area contributed by atoms with Gasteiger partial charge >= 0.3 is 0 Å². The number of aldehydes is 1. The van der Waals surface area contributed by atoms with E-state index in [1.165, 1.54) is 11.1 Å². The van der Waals surface area contributed by atoms with Gasteiger partial charge in [0.15, 0.2) is 0 Å². The van der Waals surface area contributed by atoms with Gasteiger partial charge in [-0.15, -0.1) is 0 Å². The van der Waals surface area contributed by atoms with Crippen LogP contribution in [0.5, 0.6) is 0 Å². The molecule has 404 valence electrons. The van der Waals surface area contributed by atoms with Crippen molar-refractivity contribution in [2.75, 3.05) is 7.05 Å². The Morgan fingerprint density at radius 2 is 0.560 bits per heavy atom. The Hall–Kier alpha value is -7.08. The molecule has 0 aromatic heterocycles. The van der Waals surface area contributed by atoms with Gasteiger partial charge in [-0.25, -0.2) is 0 Å². The fraction of sp³-hybridized carbons (Fsp3) is 0.390. The summed E-state index contributed by atoms with van der Waals surface area (Å²) >= 11 is 0. The first-order valence-corrected chi connectivity index (χ1v) is 26.1. The zero-order valence-electron chi connectivity index (χ0n) is 43.9. The summed E-state index contributed by atoms with van der Waals surface area (Å²) in [6, 6.07) is 39.6. The van der Waals surface area contributed by atoms with Crippen LogP contribution < -0.4 is 54.8 Å². The van der Waals surface area contributed by atoms with E-state index in [1.54, 1.807) is 0 Å². The maximum absolute atomic E-state index is 12.2. The van der Waals surface area contributed by atoms with E-state index in [0.717, 1.165) is 63.8 Å². The Labute approximate surface area is 444 Å². The fourth-order valence-corrected chi connectivity index (χ4v) is 7.62. The first kappa shape index (κ1) is 62.2. The van der Waals surface area contributed by atoms with E-state index in [0.29, 0.717) is 130 Å². The number of hydrogen-bond acceptors (Lipinski definition) is 11. The molecular weight excluding hydrogens is 945 g/mol. The highest BCUT2D eigenvalue weighted by Gasteiger charge is 2.08. The van der Waals surface area contributed by atoms with Crippen LogP contribution >= 0.6 is 0 Å². The van der Waals surface area contributed by atoms with Crippen molar-refractivity contribution in [1.29, 1.82) is 0 Å². The van der Waals surface area contributed by atoms with Crippen LogP contribution in [0.1, 0.15) is 133 Å². The number of hydrogen-bond donors (Lipinski definition) is 10. The molecule has 0 aliphatic carbocycles. The van der Waals surface area contributed by atoms with E-state index < -0.39 is 0 Å². The molecule has 5 aromatic carbocycles. The van der Waals surface area contributed by atoms with Gasteiger partial charge in [-0.1, -0.05) is 121 Å². The summed E-state index contributed by atoms with van der Waals surface area (Å²) in [5.74, 6) is -0.120. The Kier molecular flexibility index (Phi) is 31.9. The van der Waals surface area contributed by atoms with Crippen molar-refractivity contribution < 1.29 is 28.8 Å². The summed E-state index contributed by atoms with van der Waals surface area (Å²) in [5.41, 5.74) is 33.0. The highest BCUT2D eigenvalue weighted by atomic mass is 16.2. The smallest absolute Gasteiger partial charge is 0.220 e. The van der Waals surface area contributed by atoms with E-state index in [2.05, 4.69) is 44.0 Å². The monoisotopic (exact) mass is 1030 g/mol. The van der Waals surface area contributed by atoms with Crippen LogP contribution in [-0.2, 0) is 94.2 Å². The van der Waals surface area contributed by atoms with E-state index in [9.17, 15) is 28.8 Å². The number of nitrogens with one attached hydrogen (secondary N) is 6. The van der Waals surface area contributed by atoms with Gasteiger partial charge in [0.05, 0.1) is 0 Å². The second-order valence-electron chi connectivity index (χ2n) is 18.2. The molecule has 0 saturated carbocycles. The lowest BCUT2D eigenvalue weighted by Crippen LogP contribution is -2.24. The Bertz CT molecular complexity index is 2420. The largest absolute Gasteiger partial charge is 0.352 e. The van der Waals surface area contributed by atoms with Crippen LogP contribution in [0.4, 0.5) is 0 Å². The van der Waals surface area contributed by atoms with E-state index in [1.807, 2.05) is 116 Å². The van der Waals surface area contributed by atoms with Gasteiger partial charge in [0, 0.05) is 104 Å². The van der Waals surface area contributed by atoms with Gasteiger partial charge in [-0.05, 0) is 101 Å². The minimum absolute atomic E-state index is 0.00263. The molecule has 5 rings (SSSR count). The van der Waals surface area contributed by atoms with Gasteiger partial charge in [-0.2, -0.15) is 0 Å². The minimum Gasteiger partial charge on any atom is -0.352 e. The summed E-state index contributed by atoms with van der Waals surface area (Å²) in [5, 5.41) is 17.6. The molecule has 0 aliphatic rings. The molecule has 16 nitrogen and oxygen atoms in total. The van der Waals surface area contributed by atoms with E-state index in [4.69, 9.17) is 22.9 Å². The quantitative estimate of drug-likeness (QED) is 0.0182. The highest BCUT2D eigenvalue weighted by Crippen LogP contribution is 2.10. The Morgan fingerprint density at radius 3 is 0.787 bits per heavy atom. The van der Waals surface area contributed by atoms with Gasteiger partial charge in [0.25, 0.3) is 0 Å². The predicted octanol–water partition coefficient (Wildman–Crippen LogP) is 5.98. The zero-order chi connectivity index (χ0) is 54.3. The van der Waals surface area contributed by atoms with E-state index in [-0.39, 0.29) is 29.5 Å². The molecule has 14 N–H and O–H groups in total. The van der Waals surface area contributed by atoms with Crippen molar-refractivity contribution >= 4 is 35.8 Å². The number of amides is 5. The number of carbonyl (C=O) groups excluding carboxylic acids is 6. The number of rotatable bonds is 31. The van der Waals surface area contributed by atoms with Gasteiger partial charge in [-0.3, -0.25) is 24.0 Å². The lowest BCUT2D eigenvalue weighted by molar-refractivity contribution is -0.123. The minimum atomic E-state index is -0.0527. The fourth-order valence-electron chi connectivity index (χ4n) is 7.62. The Morgan fingerprint density at radius 1 is 0.347 bits per heavy atom. The highest BCUT2D eigenvalue weighted by molar-refractivity contribution is 5.78. The van der Waals surface area contributed by atoms with Crippen molar-refractivity contribution in [3.05, 3.63) is 177 Å². The Balaban J connectivity index is 0.000000334. The lowest BCUT2D eigenvalue weighted by atomic mass is 10.1. The standard InChI is InChI=1S/C28H38N4O4.C22H30N4O2.C9H14N2/c29-18-22-8-6-9-23(16-22)19-30-27(35)13-3-4-14-28(36)32-21-25-11-7-10-24(17-25)20-31-26(34)12-2-1-5-15-33;23-13-17-5-3-7-19(11-17)15-25-21(27)9-1-2-10-22(28)26-16-20-8-4-6-18(12-20)14-24;1-11-7-9-4-2-3-8(5-9)6-10/h6-11,15-17H,1-5,12-14,18-21,29H2,(H,30,35)(H,31,34)(H,32,36);3-8,11-12H,1-2,9-10,13-16,23-24H2,(H,25,27)(H,26,28);2-5,11H,6-7,10H2,1H3. The van der Waals surface area contributed by atoms with Crippen LogP contribution in [0.2, 0.25) is 0 Å². The molecule has 0 spiro atoms. The van der Waals surface area contributed by atoms with Crippen molar-refractivity contribution in [3.8, 4) is 0 Å². The molecule has 0 unspecified atom stereocenters.